The van der Waals surface area contributed by atoms with Crippen molar-refractivity contribution in [1.82, 2.24) is 10.9 Å². The van der Waals surface area contributed by atoms with E-state index in [-0.39, 0.29) is 5.75 Å². The standard InChI is InChI=1S/C19H17FN2O5/c1-26-16-9-7-13(11-15(16)20)8-10-18(24)27-12-17(23)21-22-19(25)14-5-3-2-4-6-14/h2-11H,12H2,1H3,(H,21,23)(H,22,25)/b10-8+. The summed E-state index contributed by atoms with van der Waals surface area (Å²) in [6, 6.07) is 12.4. The van der Waals surface area contributed by atoms with Crippen LogP contribution in [0.3, 0.4) is 0 Å². The zero-order valence-electron chi connectivity index (χ0n) is 14.4. The summed E-state index contributed by atoms with van der Waals surface area (Å²) in [4.78, 5) is 34.9. The van der Waals surface area contributed by atoms with Crippen molar-refractivity contribution >= 4 is 23.9 Å². The van der Waals surface area contributed by atoms with Gasteiger partial charge in [0.2, 0.25) is 0 Å². The Kier molecular flexibility index (Phi) is 7.07. The molecule has 0 aliphatic heterocycles. The number of carbonyl (C=O) groups is 3. The smallest absolute Gasteiger partial charge is 0.331 e. The van der Waals surface area contributed by atoms with E-state index >= 15 is 0 Å². The van der Waals surface area contributed by atoms with E-state index in [0.29, 0.717) is 11.1 Å². The first-order valence-electron chi connectivity index (χ1n) is 7.82. The van der Waals surface area contributed by atoms with Crippen molar-refractivity contribution in [2.75, 3.05) is 13.7 Å². The highest BCUT2D eigenvalue weighted by Crippen LogP contribution is 2.18. The zero-order valence-corrected chi connectivity index (χ0v) is 14.4. The topological polar surface area (TPSA) is 93.7 Å². The van der Waals surface area contributed by atoms with Crippen LogP contribution in [0.4, 0.5) is 4.39 Å². The first kappa shape index (κ1) is 19.6. The van der Waals surface area contributed by atoms with E-state index in [1.165, 1.54) is 25.3 Å². The molecule has 0 saturated carbocycles. The molecular weight excluding hydrogens is 355 g/mol. The Morgan fingerprint density at radius 1 is 1.07 bits per heavy atom. The Hall–Kier alpha value is -3.68. The zero-order chi connectivity index (χ0) is 19.6. The van der Waals surface area contributed by atoms with Crippen molar-refractivity contribution in [1.29, 1.82) is 0 Å². The normalized spacial score (nSPS) is 10.3. The summed E-state index contributed by atoms with van der Waals surface area (Å²) in [6.45, 7) is -0.588. The fraction of sp³-hybridized carbons (Fsp3) is 0.105. The van der Waals surface area contributed by atoms with Crippen LogP contribution in [0.2, 0.25) is 0 Å². The lowest BCUT2D eigenvalue weighted by Crippen LogP contribution is -2.43. The van der Waals surface area contributed by atoms with Gasteiger partial charge in [-0.2, -0.15) is 0 Å². The molecule has 2 rings (SSSR count). The molecule has 8 heteroatoms. The van der Waals surface area contributed by atoms with Crippen LogP contribution in [0.1, 0.15) is 15.9 Å². The second-order valence-electron chi connectivity index (χ2n) is 5.20. The van der Waals surface area contributed by atoms with Crippen LogP contribution in [0.25, 0.3) is 6.08 Å². The first-order valence-corrected chi connectivity index (χ1v) is 7.82. The molecular formula is C19H17FN2O5. The molecule has 0 heterocycles. The molecule has 0 unspecified atom stereocenters. The number of rotatable bonds is 6. The molecule has 2 aromatic carbocycles. The summed E-state index contributed by atoms with van der Waals surface area (Å²) >= 11 is 0. The molecule has 0 aliphatic rings. The molecule has 0 spiro atoms. The molecule has 0 saturated heterocycles. The van der Waals surface area contributed by atoms with Crippen molar-refractivity contribution in [3.05, 3.63) is 71.6 Å². The maximum atomic E-state index is 13.5. The van der Waals surface area contributed by atoms with E-state index < -0.39 is 30.2 Å². The van der Waals surface area contributed by atoms with E-state index in [9.17, 15) is 18.8 Å². The highest BCUT2D eigenvalue weighted by atomic mass is 19.1. The lowest BCUT2D eigenvalue weighted by atomic mass is 10.2. The molecule has 140 valence electrons. The van der Waals surface area contributed by atoms with Crippen LogP contribution in [0, 0.1) is 5.82 Å². The van der Waals surface area contributed by atoms with Crippen molar-refractivity contribution < 1.29 is 28.2 Å². The van der Waals surface area contributed by atoms with Crippen LogP contribution in [-0.4, -0.2) is 31.5 Å². The fourth-order valence-corrected chi connectivity index (χ4v) is 1.96. The van der Waals surface area contributed by atoms with Crippen molar-refractivity contribution in [3.8, 4) is 5.75 Å². The van der Waals surface area contributed by atoms with Crippen molar-refractivity contribution in [2.45, 2.75) is 0 Å². The minimum Gasteiger partial charge on any atom is -0.494 e. The van der Waals surface area contributed by atoms with Crippen LogP contribution < -0.4 is 15.6 Å². The average Bonchev–Trinajstić information content (AvgIpc) is 2.69. The monoisotopic (exact) mass is 372 g/mol. The van der Waals surface area contributed by atoms with E-state index in [1.54, 1.807) is 36.4 Å². The second kappa shape index (κ2) is 9.71. The number of ether oxygens (including phenoxy) is 2. The van der Waals surface area contributed by atoms with Crippen molar-refractivity contribution in [3.63, 3.8) is 0 Å². The van der Waals surface area contributed by atoms with Gasteiger partial charge in [0.15, 0.2) is 18.2 Å². The number of esters is 1. The SMILES string of the molecule is COc1ccc(/C=C/C(=O)OCC(=O)NNC(=O)c2ccccc2)cc1F. The Labute approximate surface area is 154 Å². The van der Waals surface area contributed by atoms with Gasteiger partial charge in [-0.25, -0.2) is 9.18 Å². The number of nitrogens with one attached hydrogen (secondary N) is 2. The van der Waals surface area contributed by atoms with Crippen molar-refractivity contribution in [2.24, 2.45) is 0 Å². The van der Waals surface area contributed by atoms with Gasteiger partial charge in [0, 0.05) is 11.6 Å². The molecule has 2 N–H and O–H groups in total. The molecule has 7 nitrogen and oxygen atoms in total. The van der Waals surface area contributed by atoms with Crippen LogP contribution in [0.5, 0.6) is 5.75 Å². The van der Waals surface area contributed by atoms with Crippen LogP contribution >= 0.6 is 0 Å². The van der Waals surface area contributed by atoms with Gasteiger partial charge >= 0.3 is 5.97 Å². The molecule has 0 bridgehead atoms. The third kappa shape index (κ3) is 6.28. The van der Waals surface area contributed by atoms with Gasteiger partial charge in [0.1, 0.15) is 0 Å². The number of halogens is 1. The molecule has 27 heavy (non-hydrogen) atoms. The first-order chi connectivity index (χ1) is 13.0. The molecule has 2 amide bonds. The van der Waals surface area contributed by atoms with Gasteiger partial charge in [-0.3, -0.25) is 20.4 Å². The lowest BCUT2D eigenvalue weighted by molar-refractivity contribution is -0.144. The number of amides is 2. The average molecular weight is 372 g/mol. The van der Waals surface area contributed by atoms with Crippen LogP contribution in [0.15, 0.2) is 54.6 Å². The summed E-state index contributed by atoms with van der Waals surface area (Å²) in [6.07, 6.45) is 2.39. The second-order valence-corrected chi connectivity index (χ2v) is 5.20. The summed E-state index contributed by atoms with van der Waals surface area (Å²) in [5.41, 5.74) is 5.11. The van der Waals surface area contributed by atoms with Gasteiger partial charge in [0.05, 0.1) is 7.11 Å². The molecule has 0 fully saturated rings. The summed E-state index contributed by atoms with van der Waals surface area (Å²) in [7, 11) is 1.35. The van der Waals surface area contributed by atoms with Gasteiger partial charge in [-0.15, -0.1) is 0 Å². The van der Waals surface area contributed by atoms with E-state index in [2.05, 4.69) is 10.9 Å². The minimum atomic E-state index is -0.796. The Morgan fingerprint density at radius 3 is 2.48 bits per heavy atom. The van der Waals surface area contributed by atoms with E-state index in [0.717, 1.165) is 6.08 Å². The maximum absolute atomic E-state index is 13.5. The third-order valence-corrected chi connectivity index (χ3v) is 3.28. The Balaban J connectivity index is 1.75. The number of hydrogen-bond acceptors (Lipinski definition) is 5. The molecule has 0 radical (unpaired) electrons. The fourth-order valence-electron chi connectivity index (χ4n) is 1.96. The molecule has 0 aliphatic carbocycles. The number of methoxy groups -OCH3 is 1. The Morgan fingerprint density at radius 2 is 1.81 bits per heavy atom. The van der Waals surface area contributed by atoms with E-state index in [1.807, 2.05) is 0 Å². The number of hydrogen-bond donors (Lipinski definition) is 2. The highest BCUT2D eigenvalue weighted by Gasteiger charge is 2.08. The van der Waals surface area contributed by atoms with E-state index in [4.69, 9.17) is 9.47 Å². The summed E-state index contributed by atoms with van der Waals surface area (Å²) < 4.78 is 23.1. The Bertz CT molecular complexity index is 852. The van der Waals surface area contributed by atoms with Crippen LogP contribution in [-0.2, 0) is 14.3 Å². The molecule has 2 aromatic rings. The predicted octanol–water partition coefficient (Wildman–Crippen LogP) is 1.85. The maximum Gasteiger partial charge on any atom is 0.331 e. The molecule has 0 atom stereocenters. The number of hydrazine groups is 1. The lowest BCUT2D eigenvalue weighted by Gasteiger charge is -2.07. The summed E-state index contributed by atoms with van der Waals surface area (Å²) in [5, 5.41) is 0. The van der Waals surface area contributed by atoms with Gasteiger partial charge < -0.3 is 9.47 Å². The largest absolute Gasteiger partial charge is 0.494 e. The number of carbonyl (C=O) groups excluding carboxylic acids is 3. The quantitative estimate of drug-likeness (QED) is 0.459. The third-order valence-electron chi connectivity index (χ3n) is 3.28. The minimum absolute atomic E-state index is 0.0870. The predicted molar refractivity (Wildman–Crippen MR) is 95.0 cm³/mol. The molecule has 0 aromatic heterocycles. The summed E-state index contributed by atoms with van der Waals surface area (Å²) in [5.74, 6) is -2.49. The van der Waals surface area contributed by atoms with Gasteiger partial charge in [-0.1, -0.05) is 24.3 Å². The highest BCUT2D eigenvalue weighted by molar-refractivity contribution is 5.95. The van der Waals surface area contributed by atoms with Gasteiger partial charge in [0.25, 0.3) is 11.8 Å². The number of benzene rings is 2. The van der Waals surface area contributed by atoms with Gasteiger partial charge in [-0.05, 0) is 35.9 Å².